The zero-order chi connectivity index (χ0) is 79.6. The van der Waals surface area contributed by atoms with Crippen LogP contribution in [0.2, 0.25) is 0 Å². The Kier molecular flexibility index (Phi) is 41.3. The van der Waals surface area contributed by atoms with E-state index in [-0.39, 0.29) is 35.3 Å². The number of carboxylic acid groups (broad SMARTS) is 12. The summed E-state index contributed by atoms with van der Waals surface area (Å²) in [6, 6.07) is 2.15. The largest absolute Gasteiger partial charge is 0.481 e. The number of rotatable bonds is 53. The van der Waals surface area contributed by atoms with Gasteiger partial charge in [0, 0.05) is 112 Å². The number of pyridine rings is 2. The summed E-state index contributed by atoms with van der Waals surface area (Å²) in [7, 11) is 0. The highest BCUT2D eigenvalue weighted by molar-refractivity contribution is 6.00. The van der Waals surface area contributed by atoms with Crippen LogP contribution >= 0.6 is 0 Å². The molecule has 2 aromatic rings. The second kappa shape index (κ2) is 46.6. The molecule has 2 rings (SSSR count). The normalized spacial score (nSPS) is 11.1. The van der Waals surface area contributed by atoms with Crippen molar-refractivity contribution < 1.29 is 157 Å². The summed E-state index contributed by atoms with van der Waals surface area (Å²) in [6.45, 7) is 0.130. The minimum absolute atomic E-state index is 0.0652. The van der Waals surface area contributed by atoms with E-state index < -0.39 is 282 Å². The Balaban J connectivity index is 0.0000126. The van der Waals surface area contributed by atoms with Crippen molar-refractivity contribution >= 4 is 95.3 Å². The lowest BCUT2D eigenvalue weighted by molar-refractivity contribution is -0.697. The van der Waals surface area contributed by atoms with Crippen molar-refractivity contribution in [2.75, 3.05) is 0 Å². The van der Waals surface area contributed by atoms with E-state index in [2.05, 4.69) is 21.3 Å². The standard InChI is InChI=1S/C62H84N6O28.2NO3/c69-43(70)7-19-59(20-8-44(71)72,21-9-45(73)74)63-55(93)39-33-40(56(94)64-60(22-10-46(75)76,23-11-47(77)78)24-12-48(79)80)36-67(35-39)31-5-3-1-2-4-6-32-68-37-41(57(95)65-61(25-13-49(81)82,26-14-50(83)84)27-15-51(85)86)34-42(38-68)58(96)66-62(28-16-52(87)88,29-17-53(89)90)30-18-54(91)92;2*2-1(3)4/h33-38H,1-32H2,(H14-2,63,64,65,66,69,70,71,72,73,74,75,76,77,78,79,80,81,82,83,84,85,86,87,88,89,90,91,92,93,94,95,96);;/q;2*-1/p+2. The quantitative estimate of drug-likeness (QED) is 0.0196. The maximum atomic E-state index is 14.4. The highest BCUT2D eigenvalue weighted by Crippen LogP contribution is 2.31. The van der Waals surface area contributed by atoms with Gasteiger partial charge in [-0.15, -0.1) is 0 Å². The van der Waals surface area contributed by atoms with E-state index in [0.717, 1.165) is 12.1 Å². The Morgan fingerprint density at radius 1 is 0.269 bits per heavy atom. The molecule has 0 aliphatic carbocycles. The van der Waals surface area contributed by atoms with Crippen LogP contribution in [0.5, 0.6) is 0 Å². The number of aliphatic carboxylic acids is 12. The fourth-order valence-corrected chi connectivity index (χ4v) is 11.0. The number of nitrogens with one attached hydrogen (secondary N) is 4. The van der Waals surface area contributed by atoms with Crippen molar-refractivity contribution in [3.05, 3.63) is 89.8 Å². The number of carbonyl (C=O) groups excluding carboxylic acids is 4. The molecule has 0 radical (unpaired) electrons. The minimum Gasteiger partial charge on any atom is -0.481 e. The van der Waals surface area contributed by atoms with E-state index in [4.69, 9.17) is 30.6 Å². The summed E-state index contributed by atoms with van der Waals surface area (Å²) in [5.74, 6) is -20.3. The average molecular weight is 1490 g/mol. The van der Waals surface area contributed by atoms with Gasteiger partial charge in [-0.25, -0.2) is 9.13 Å². The molecule has 0 aliphatic heterocycles. The predicted molar refractivity (Wildman–Crippen MR) is 345 cm³/mol. The summed E-state index contributed by atoms with van der Waals surface area (Å²) in [5, 5.41) is 155. The lowest BCUT2D eigenvalue weighted by Crippen LogP contribution is -2.51. The average Bonchev–Trinajstić information content (AvgIpc) is 0.815. The van der Waals surface area contributed by atoms with Gasteiger partial charge in [-0.05, 0) is 102 Å². The third-order valence-corrected chi connectivity index (χ3v) is 16.3. The van der Waals surface area contributed by atoms with Gasteiger partial charge in [0.05, 0.1) is 10.2 Å². The molecule has 4 amide bonds. The monoisotopic (exact) mass is 1490 g/mol. The van der Waals surface area contributed by atoms with Crippen molar-refractivity contribution in [3.63, 3.8) is 0 Å². The first-order valence-electron chi connectivity index (χ1n) is 32.0. The van der Waals surface area contributed by atoms with Gasteiger partial charge in [0.25, 0.3) is 23.6 Å². The third kappa shape index (κ3) is 41.7. The van der Waals surface area contributed by atoms with Crippen LogP contribution < -0.4 is 30.4 Å². The molecule has 2 aromatic heterocycles. The van der Waals surface area contributed by atoms with Crippen molar-refractivity contribution in [1.29, 1.82) is 0 Å². The molecule has 0 unspecified atom stereocenters. The predicted octanol–water partition coefficient (Wildman–Crippen LogP) is 3.08. The third-order valence-electron chi connectivity index (χ3n) is 16.3. The highest BCUT2D eigenvalue weighted by atomic mass is 16.9. The number of hydrogen-bond acceptors (Lipinski definition) is 22. The van der Waals surface area contributed by atoms with E-state index in [9.17, 15) is 138 Å². The van der Waals surface area contributed by atoms with Crippen LogP contribution in [0.1, 0.15) is 234 Å². The number of unbranched alkanes of at least 4 members (excludes halogenated alkanes) is 5. The first-order valence-corrected chi connectivity index (χ1v) is 32.0. The summed E-state index contributed by atoms with van der Waals surface area (Å²) in [5.41, 5.74) is -8.10. The van der Waals surface area contributed by atoms with Gasteiger partial charge in [0.1, 0.15) is 35.3 Å². The minimum atomic E-state index is -1.75. The Bertz CT molecular complexity index is 2800. The number of carbonyl (C=O) groups is 16. The number of nitrogens with zero attached hydrogens (tertiary/aromatic N) is 4. The van der Waals surface area contributed by atoms with Crippen LogP contribution in [-0.4, -0.2) is 189 Å². The molecule has 0 saturated carbocycles. The molecule has 42 nitrogen and oxygen atoms in total. The van der Waals surface area contributed by atoms with Crippen molar-refractivity contribution in [2.45, 2.75) is 228 Å². The van der Waals surface area contributed by atoms with Gasteiger partial charge in [-0.3, -0.25) is 76.7 Å². The Morgan fingerprint density at radius 3 is 0.519 bits per heavy atom. The van der Waals surface area contributed by atoms with E-state index >= 15 is 0 Å². The lowest BCUT2D eigenvalue weighted by Gasteiger charge is -2.34. The highest BCUT2D eigenvalue weighted by Gasteiger charge is 2.40. The van der Waals surface area contributed by atoms with Crippen molar-refractivity contribution in [2.24, 2.45) is 0 Å². The van der Waals surface area contributed by atoms with Crippen LogP contribution in [0.3, 0.4) is 0 Å². The number of amides is 4. The molecule has 0 bridgehead atoms. The molecule has 104 heavy (non-hydrogen) atoms. The molecule has 0 atom stereocenters. The van der Waals surface area contributed by atoms with Crippen LogP contribution in [0.4, 0.5) is 0 Å². The first-order chi connectivity index (χ1) is 48.4. The molecule has 0 saturated heterocycles. The van der Waals surface area contributed by atoms with E-state index in [0.29, 0.717) is 38.5 Å². The molecule has 0 aliphatic rings. The van der Waals surface area contributed by atoms with Crippen molar-refractivity contribution in [3.8, 4) is 0 Å². The van der Waals surface area contributed by atoms with Crippen molar-refractivity contribution in [1.82, 2.24) is 21.3 Å². The van der Waals surface area contributed by atoms with Gasteiger partial charge < -0.3 is 113 Å². The molecular weight excluding hydrogens is 1400 g/mol. The van der Waals surface area contributed by atoms with Gasteiger partial charge in [-0.1, -0.05) is 12.8 Å². The maximum Gasteiger partial charge on any atom is 0.303 e. The zero-order valence-electron chi connectivity index (χ0n) is 56.2. The maximum absolute atomic E-state index is 14.4. The Hall–Kier alpha value is -11.8. The molecule has 0 spiro atoms. The number of aryl methyl sites for hydroxylation is 2. The fourth-order valence-electron chi connectivity index (χ4n) is 11.0. The number of hydrogen-bond donors (Lipinski definition) is 16. The second-order valence-corrected chi connectivity index (χ2v) is 24.3. The van der Waals surface area contributed by atoms with Gasteiger partial charge in [0.15, 0.2) is 24.8 Å². The van der Waals surface area contributed by atoms with Crippen LogP contribution in [0.15, 0.2) is 36.9 Å². The summed E-state index contributed by atoms with van der Waals surface area (Å²) in [4.78, 5) is 215. The molecule has 2 heterocycles. The Labute approximate surface area is 589 Å². The second-order valence-electron chi connectivity index (χ2n) is 24.3. The van der Waals surface area contributed by atoms with E-state index in [1.54, 1.807) is 0 Å². The molecular formula is C62H86N8O34. The summed E-state index contributed by atoms with van der Waals surface area (Å²) in [6.07, 6.45) is -4.87. The van der Waals surface area contributed by atoms with Crippen LogP contribution in [0.25, 0.3) is 0 Å². The molecule has 0 fully saturated rings. The molecule has 42 heteroatoms. The van der Waals surface area contributed by atoms with E-state index in [1.165, 1.54) is 33.9 Å². The van der Waals surface area contributed by atoms with Crippen LogP contribution in [-0.2, 0) is 70.6 Å². The first kappa shape index (κ1) is 92.2. The summed E-state index contributed by atoms with van der Waals surface area (Å²) >= 11 is 0. The molecule has 0 aromatic carbocycles. The number of carboxylic acids is 12. The SMILES string of the molecule is O=C(O)CCC(CCC(=O)O)(CCC(=O)O)NC(=O)c1cc(C(=O)NC(CCC(=O)O)(CCC(=O)O)CCC(=O)O)c[n+](CCCCCCCC[n+]2cc(C(=O)NC(CCC(=O)O)(CCC(=O)O)CCC(=O)O)cc(C(=O)NC(CCC(=O)O)(CCC(=O)O)CCC(=O)O)c2)c1.O=[N+]([O-])[O-].O=[N+]([O-])[O-]. The zero-order valence-corrected chi connectivity index (χ0v) is 56.2. The van der Waals surface area contributed by atoms with Crippen LogP contribution in [0, 0.1) is 30.6 Å². The smallest absolute Gasteiger partial charge is 0.303 e. The Morgan fingerprint density at radius 2 is 0.394 bits per heavy atom. The van der Waals surface area contributed by atoms with Gasteiger partial charge >= 0.3 is 71.6 Å². The summed E-state index contributed by atoms with van der Waals surface area (Å²) < 4.78 is 2.84. The lowest BCUT2D eigenvalue weighted by atomic mass is 9.83. The van der Waals surface area contributed by atoms with E-state index in [1.807, 2.05) is 0 Å². The number of aromatic nitrogens is 2. The van der Waals surface area contributed by atoms with Gasteiger partial charge in [-0.2, -0.15) is 0 Å². The fraction of sp³-hybridized carbons (Fsp3) is 0.581. The molecule has 578 valence electrons. The topological polar surface area (TPSA) is 704 Å². The molecule has 16 N–H and O–H groups in total. The van der Waals surface area contributed by atoms with Gasteiger partial charge in [0.2, 0.25) is 0 Å².